The lowest BCUT2D eigenvalue weighted by atomic mass is 10.1. The molecule has 21 heavy (non-hydrogen) atoms. The quantitative estimate of drug-likeness (QED) is 0.558. The van der Waals surface area contributed by atoms with E-state index >= 15 is 0 Å². The molecule has 0 saturated carbocycles. The molecule has 1 fully saturated rings. The zero-order valence-electron chi connectivity index (χ0n) is 12.1. The van der Waals surface area contributed by atoms with Crippen molar-refractivity contribution >= 4 is 40.3 Å². The molecule has 2 rings (SSSR count). The molecule has 1 aromatic rings. The van der Waals surface area contributed by atoms with E-state index in [-0.39, 0.29) is 16.5 Å². The van der Waals surface area contributed by atoms with Crippen LogP contribution >= 0.6 is 34.4 Å². The molecule has 0 bridgehead atoms. The molecule has 2 atom stereocenters. The van der Waals surface area contributed by atoms with E-state index in [1.165, 1.54) is 0 Å². The molecule has 1 heterocycles. The summed E-state index contributed by atoms with van der Waals surface area (Å²) in [6.07, 6.45) is 0. The Bertz CT molecular complexity index is 596. The van der Waals surface area contributed by atoms with Crippen molar-refractivity contribution in [1.82, 2.24) is 4.90 Å². The molecule has 0 radical (unpaired) electrons. The van der Waals surface area contributed by atoms with Crippen molar-refractivity contribution in [1.29, 1.82) is 0 Å². The fraction of sp³-hybridized carbons (Fsp3) is 0.400. The van der Waals surface area contributed by atoms with Gasteiger partial charge in [0.1, 0.15) is 16.9 Å². The molecule has 4 nitrogen and oxygen atoms in total. The third kappa shape index (κ3) is 3.40. The molecule has 1 aliphatic rings. The first-order chi connectivity index (χ1) is 10.1. The first-order valence-corrected chi connectivity index (χ1v) is 8.41. The van der Waals surface area contributed by atoms with Crippen LogP contribution in [0.1, 0.15) is 17.9 Å². The smallest absolute Gasteiger partial charge is 0.237 e. The molecule has 112 valence electrons. The standard InChI is InChI=1S/C15H16INO3S/c1-10-14(18)17(8-4-7-16)15(21-10)12-6-5-11(19-2)9-13(12)20-3/h5-6,9-10,15H,8H2,1-3H3. The summed E-state index contributed by atoms with van der Waals surface area (Å²) in [5.41, 5.74) is 0.969. The Labute approximate surface area is 142 Å². The number of methoxy groups -OCH3 is 2. The summed E-state index contributed by atoms with van der Waals surface area (Å²) in [7, 11) is 3.24. The number of hydrogen-bond acceptors (Lipinski definition) is 4. The Morgan fingerprint density at radius 3 is 2.76 bits per heavy atom. The molecule has 1 saturated heterocycles. The molecule has 1 amide bonds. The van der Waals surface area contributed by atoms with Crippen LogP contribution in [0.15, 0.2) is 18.2 Å². The SMILES string of the molecule is COc1ccc(C2SC(C)C(=O)N2CC#CI)c(OC)c1. The molecule has 0 N–H and O–H groups in total. The molecular weight excluding hydrogens is 401 g/mol. The van der Waals surface area contributed by atoms with E-state index in [2.05, 4.69) is 9.85 Å². The van der Waals surface area contributed by atoms with Crippen molar-refractivity contribution in [3.8, 4) is 21.3 Å². The van der Waals surface area contributed by atoms with Gasteiger partial charge in [0.2, 0.25) is 5.91 Å². The summed E-state index contributed by atoms with van der Waals surface area (Å²) in [5.74, 6) is 4.53. The highest BCUT2D eigenvalue weighted by Crippen LogP contribution is 2.46. The second kappa shape index (κ2) is 7.27. The molecule has 1 aliphatic heterocycles. The number of amides is 1. The van der Waals surface area contributed by atoms with Crippen LogP contribution in [0.2, 0.25) is 0 Å². The van der Waals surface area contributed by atoms with Crippen LogP contribution < -0.4 is 9.47 Å². The maximum atomic E-state index is 12.3. The molecule has 2 unspecified atom stereocenters. The third-order valence-corrected chi connectivity index (χ3v) is 5.03. The van der Waals surface area contributed by atoms with Gasteiger partial charge in [-0.15, -0.1) is 11.8 Å². The molecule has 0 aliphatic carbocycles. The number of carbonyl (C=O) groups excluding carboxylic acids is 1. The van der Waals surface area contributed by atoms with Gasteiger partial charge in [-0.25, -0.2) is 0 Å². The van der Waals surface area contributed by atoms with Gasteiger partial charge in [0.25, 0.3) is 0 Å². The number of hydrogen-bond donors (Lipinski definition) is 0. The van der Waals surface area contributed by atoms with E-state index in [4.69, 9.17) is 9.47 Å². The molecule has 1 aromatic carbocycles. The molecule has 0 aromatic heterocycles. The fourth-order valence-electron chi connectivity index (χ4n) is 2.21. The van der Waals surface area contributed by atoms with E-state index in [1.54, 1.807) is 30.9 Å². The maximum Gasteiger partial charge on any atom is 0.237 e. The van der Waals surface area contributed by atoms with Gasteiger partial charge < -0.3 is 14.4 Å². The van der Waals surface area contributed by atoms with Crippen LogP contribution in [0.5, 0.6) is 11.5 Å². The number of rotatable bonds is 4. The fourth-order valence-corrected chi connectivity index (χ4v) is 3.69. The summed E-state index contributed by atoms with van der Waals surface area (Å²) < 4.78 is 13.5. The van der Waals surface area contributed by atoms with Gasteiger partial charge in [-0.05, 0) is 23.0 Å². The highest BCUT2D eigenvalue weighted by atomic mass is 127. The van der Waals surface area contributed by atoms with Gasteiger partial charge in [-0.3, -0.25) is 4.79 Å². The van der Waals surface area contributed by atoms with Crippen molar-refractivity contribution in [2.75, 3.05) is 20.8 Å². The van der Waals surface area contributed by atoms with Crippen LogP contribution in [0.25, 0.3) is 0 Å². The van der Waals surface area contributed by atoms with Crippen LogP contribution in [0, 0.1) is 9.85 Å². The number of carbonyl (C=O) groups is 1. The number of nitrogens with zero attached hydrogens (tertiary/aromatic N) is 1. The van der Waals surface area contributed by atoms with Crippen molar-refractivity contribution in [3.05, 3.63) is 23.8 Å². The average molecular weight is 417 g/mol. The monoisotopic (exact) mass is 417 g/mol. The van der Waals surface area contributed by atoms with E-state index in [9.17, 15) is 4.79 Å². The third-order valence-electron chi connectivity index (χ3n) is 3.27. The van der Waals surface area contributed by atoms with Gasteiger partial charge in [-0.2, -0.15) is 0 Å². The van der Waals surface area contributed by atoms with Crippen molar-refractivity contribution in [3.63, 3.8) is 0 Å². The average Bonchev–Trinajstić information content (AvgIpc) is 2.79. The molecular formula is C15H16INO3S. The van der Waals surface area contributed by atoms with Gasteiger partial charge in [0.05, 0.1) is 26.0 Å². The van der Waals surface area contributed by atoms with E-state index in [0.29, 0.717) is 6.54 Å². The number of benzene rings is 1. The molecule has 0 spiro atoms. The first-order valence-electron chi connectivity index (χ1n) is 6.38. The number of halogens is 1. The zero-order chi connectivity index (χ0) is 15.4. The van der Waals surface area contributed by atoms with Crippen molar-refractivity contribution in [2.24, 2.45) is 0 Å². The van der Waals surface area contributed by atoms with E-state index in [0.717, 1.165) is 17.1 Å². The minimum absolute atomic E-state index is 0.0715. The number of ether oxygens (including phenoxy) is 2. The minimum Gasteiger partial charge on any atom is -0.497 e. The highest BCUT2D eigenvalue weighted by Gasteiger charge is 2.39. The molecule has 6 heteroatoms. The van der Waals surface area contributed by atoms with Crippen LogP contribution in [-0.2, 0) is 4.79 Å². The summed E-state index contributed by atoms with van der Waals surface area (Å²) in [4.78, 5) is 14.1. The lowest BCUT2D eigenvalue weighted by Gasteiger charge is -2.23. The number of thioether (sulfide) groups is 1. The predicted octanol–water partition coefficient (Wildman–Crippen LogP) is 3.06. The lowest BCUT2D eigenvalue weighted by Crippen LogP contribution is -2.30. The van der Waals surface area contributed by atoms with Crippen LogP contribution in [0.4, 0.5) is 0 Å². The Balaban J connectivity index is 2.38. The summed E-state index contributed by atoms with van der Waals surface area (Å²) in [5, 5.41) is -0.150. The Morgan fingerprint density at radius 1 is 1.38 bits per heavy atom. The summed E-state index contributed by atoms with van der Waals surface area (Å²) in [6, 6.07) is 5.67. The van der Waals surface area contributed by atoms with Gasteiger partial charge >= 0.3 is 0 Å². The Kier molecular flexibility index (Phi) is 5.65. The maximum absolute atomic E-state index is 12.3. The second-order valence-corrected chi connectivity index (χ2v) is 6.44. The van der Waals surface area contributed by atoms with Gasteiger partial charge in [-0.1, -0.05) is 5.92 Å². The van der Waals surface area contributed by atoms with Crippen molar-refractivity contribution < 1.29 is 14.3 Å². The van der Waals surface area contributed by atoms with Crippen LogP contribution in [0.3, 0.4) is 0 Å². The zero-order valence-corrected chi connectivity index (χ0v) is 15.0. The van der Waals surface area contributed by atoms with Gasteiger partial charge in [0.15, 0.2) is 0 Å². The van der Waals surface area contributed by atoms with E-state index < -0.39 is 0 Å². The topological polar surface area (TPSA) is 38.8 Å². The lowest BCUT2D eigenvalue weighted by molar-refractivity contribution is -0.129. The summed E-state index contributed by atoms with van der Waals surface area (Å²) in [6.45, 7) is 2.35. The normalized spacial score (nSPS) is 21.0. The first kappa shape index (κ1) is 16.3. The van der Waals surface area contributed by atoms with Crippen LogP contribution in [-0.4, -0.2) is 36.8 Å². The van der Waals surface area contributed by atoms with E-state index in [1.807, 2.05) is 47.7 Å². The second-order valence-electron chi connectivity index (χ2n) is 4.48. The predicted molar refractivity (Wildman–Crippen MR) is 92.8 cm³/mol. The highest BCUT2D eigenvalue weighted by molar-refractivity contribution is 14.1. The summed E-state index contributed by atoms with van der Waals surface area (Å²) >= 11 is 3.60. The minimum atomic E-state index is -0.0781. The largest absolute Gasteiger partial charge is 0.497 e. The Morgan fingerprint density at radius 2 is 2.14 bits per heavy atom. The van der Waals surface area contributed by atoms with Gasteiger partial charge in [0, 0.05) is 34.2 Å². The Hall–Kier alpha value is -1.07. The van der Waals surface area contributed by atoms with Crippen molar-refractivity contribution in [2.45, 2.75) is 17.5 Å².